The SMILES string of the molecule is CN=C(NCc1nc(C)c(C)s1)NCC(c1c(F)cccc1Cl)N1CCCC1. The number of benzene rings is 1. The molecule has 152 valence electrons. The molecule has 0 bridgehead atoms. The number of halogens is 2. The molecule has 1 atom stereocenters. The van der Waals surface area contributed by atoms with E-state index in [2.05, 4.69) is 32.4 Å². The molecule has 1 unspecified atom stereocenters. The monoisotopic (exact) mass is 423 g/mol. The van der Waals surface area contributed by atoms with Crippen LogP contribution in [0.1, 0.15) is 40.0 Å². The topological polar surface area (TPSA) is 52.6 Å². The van der Waals surface area contributed by atoms with Gasteiger partial charge >= 0.3 is 0 Å². The number of aliphatic imine (C=N–C) groups is 1. The molecular formula is C20H27ClFN5S. The first-order valence-electron chi connectivity index (χ1n) is 9.55. The Morgan fingerprint density at radius 2 is 2.07 bits per heavy atom. The van der Waals surface area contributed by atoms with E-state index in [0.717, 1.165) is 36.6 Å². The minimum atomic E-state index is -0.261. The Kier molecular flexibility index (Phi) is 7.26. The van der Waals surface area contributed by atoms with Crippen LogP contribution in [0.5, 0.6) is 0 Å². The Morgan fingerprint density at radius 1 is 1.32 bits per heavy atom. The highest BCUT2D eigenvalue weighted by molar-refractivity contribution is 7.11. The van der Waals surface area contributed by atoms with Crippen LogP contribution in [-0.2, 0) is 6.54 Å². The van der Waals surface area contributed by atoms with Gasteiger partial charge in [-0.25, -0.2) is 9.37 Å². The number of aryl methyl sites for hydroxylation is 2. The molecule has 2 aromatic rings. The van der Waals surface area contributed by atoms with Crippen molar-refractivity contribution in [2.75, 3.05) is 26.7 Å². The molecule has 2 heterocycles. The maximum absolute atomic E-state index is 14.6. The molecule has 1 saturated heterocycles. The van der Waals surface area contributed by atoms with Gasteiger partial charge in [0.1, 0.15) is 10.8 Å². The maximum atomic E-state index is 14.6. The second kappa shape index (κ2) is 9.67. The van der Waals surface area contributed by atoms with Gasteiger partial charge in [0.15, 0.2) is 5.96 Å². The lowest BCUT2D eigenvalue weighted by molar-refractivity contribution is 0.240. The molecule has 8 heteroatoms. The fourth-order valence-electron chi connectivity index (χ4n) is 3.48. The standard InChI is InChI=1S/C20H27ClFN5S/c1-13-14(2)28-18(26-13)12-25-20(23-3)24-11-17(27-9-4-5-10-27)19-15(21)7-6-8-16(19)22/h6-8,17H,4-5,9-12H2,1-3H3,(H2,23,24,25). The molecule has 2 N–H and O–H groups in total. The number of likely N-dealkylation sites (tertiary alicyclic amines) is 1. The molecule has 28 heavy (non-hydrogen) atoms. The molecule has 1 aliphatic rings. The summed E-state index contributed by atoms with van der Waals surface area (Å²) < 4.78 is 14.6. The second-order valence-corrected chi connectivity index (χ2v) is 8.65. The molecule has 1 fully saturated rings. The van der Waals surface area contributed by atoms with E-state index >= 15 is 0 Å². The first-order chi connectivity index (χ1) is 13.5. The molecule has 0 amide bonds. The number of nitrogens with one attached hydrogen (secondary N) is 2. The third-order valence-electron chi connectivity index (χ3n) is 5.08. The van der Waals surface area contributed by atoms with Crippen molar-refractivity contribution < 1.29 is 4.39 Å². The van der Waals surface area contributed by atoms with Crippen molar-refractivity contribution in [2.24, 2.45) is 4.99 Å². The summed E-state index contributed by atoms with van der Waals surface area (Å²) in [5.74, 6) is 0.407. The van der Waals surface area contributed by atoms with E-state index in [0.29, 0.717) is 29.6 Å². The predicted molar refractivity (Wildman–Crippen MR) is 115 cm³/mol. The van der Waals surface area contributed by atoms with Gasteiger partial charge in [-0.3, -0.25) is 9.89 Å². The molecule has 1 aromatic heterocycles. The van der Waals surface area contributed by atoms with E-state index in [4.69, 9.17) is 11.6 Å². The highest BCUT2D eigenvalue weighted by Gasteiger charge is 2.27. The minimum absolute atomic E-state index is 0.140. The summed E-state index contributed by atoms with van der Waals surface area (Å²) in [6.45, 7) is 7.11. The van der Waals surface area contributed by atoms with Gasteiger partial charge in [-0.1, -0.05) is 17.7 Å². The Morgan fingerprint density at radius 3 is 2.68 bits per heavy atom. The van der Waals surface area contributed by atoms with E-state index in [1.807, 2.05) is 6.92 Å². The fraction of sp³-hybridized carbons (Fsp3) is 0.500. The van der Waals surface area contributed by atoms with Crippen molar-refractivity contribution in [3.05, 3.63) is 50.2 Å². The molecule has 0 radical (unpaired) electrons. The molecule has 1 aromatic carbocycles. The third kappa shape index (κ3) is 5.01. The third-order valence-corrected chi connectivity index (χ3v) is 6.48. The smallest absolute Gasteiger partial charge is 0.191 e. The Balaban J connectivity index is 1.68. The quantitative estimate of drug-likeness (QED) is 0.543. The van der Waals surface area contributed by atoms with Crippen LogP contribution in [-0.4, -0.2) is 42.5 Å². The zero-order valence-corrected chi connectivity index (χ0v) is 18.1. The van der Waals surface area contributed by atoms with Crippen LogP contribution in [0.15, 0.2) is 23.2 Å². The minimum Gasteiger partial charge on any atom is -0.354 e. The Labute approximate surface area is 175 Å². The number of rotatable bonds is 6. The van der Waals surface area contributed by atoms with E-state index in [9.17, 15) is 4.39 Å². The van der Waals surface area contributed by atoms with E-state index in [-0.39, 0.29) is 11.9 Å². The molecule has 0 aliphatic carbocycles. The highest BCUT2D eigenvalue weighted by atomic mass is 35.5. The largest absolute Gasteiger partial charge is 0.354 e. The highest BCUT2D eigenvalue weighted by Crippen LogP contribution is 2.31. The van der Waals surface area contributed by atoms with E-state index in [1.54, 1.807) is 30.5 Å². The average molecular weight is 424 g/mol. The van der Waals surface area contributed by atoms with Crippen LogP contribution in [0.3, 0.4) is 0 Å². The van der Waals surface area contributed by atoms with Crippen LogP contribution >= 0.6 is 22.9 Å². The zero-order chi connectivity index (χ0) is 20.1. The lowest BCUT2D eigenvalue weighted by atomic mass is 10.0. The molecule has 1 aliphatic heterocycles. The van der Waals surface area contributed by atoms with Gasteiger partial charge in [-0.05, 0) is 51.9 Å². The van der Waals surface area contributed by atoms with Gasteiger partial charge in [0.05, 0.1) is 18.3 Å². The van der Waals surface area contributed by atoms with Crippen molar-refractivity contribution in [3.8, 4) is 0 Å². The number of hydrogen-bond acceptors (Lipinski definition) is 4. The van der Waals surface area contributed by atoms with Gasteiger partial charge in [-0.15, -0.1) is 11.3 Å². The van der Waals surface area contributed by atoms with Crippen molar-refractivity contribution in [2.45, 2.75) is 39.3 Å². The lowest BCUT2D eigenvalue weighted by Gasteiger charge is -2.29. The van der Waals surface area contributed by atoms with Crippen LogP contribution in [0.2, 0.25) is 5.02 Å². The Bertz CT molecular complexity index is 792. The van der Waals surface area contributed by atoms with Crippen LogP contribution in [0, 0.1) is 19.7 Å². The second-order valence-electron chi connectivity index (χ2n) is 6.95. The van der Waals surface area contributed by atoms with Crippen molar-refractivity contribution in [1.82, 2.24) is 20.5 Å². The maximum Gasteiger partial charge on any atom is 0.191 e. The summed E-state index contributed by atoms with van der Waals surface area (Å²) in [6.07, 6.45) is 2.25. The number of aromatic nitrogens is 1. The zero-order valence-electron chi connectivity index (χ0n) is 16.6. The summed E-state index contributed by atoms with van der Waals surface area (Å²) in [5.41, 5.74) is 1.62. The van der Waals surface area contributed by atoms with Gasteiger partial charge in [-0.2, -0.15) is 0 Å². The summed E-state index contributed by atoms with van der Waals surface area (Å²) in [7, 11) is 1.73. The number of guanidine groups is 1. The van der Waals surface area contributed by atoms with Crippen LogP contribution in [0.25, 0.3) is 0 Å². The number of thiazole rings is 1. The predicted octanol–water partition coefficient (Wildman–Crippen LogP) is 4.05. The summed E-state index contributed by atoms with van der Waals surface area (Å²) in [4.78, 5) is 12.4. The average Bonchev–Trinajstić information content (AvgIpc) is 3.30. The molecule has 5 nitrogen and oxygen atoms in total. The summed E-state index contributed by atoms with van der Waals surface area (Å²) >= 11 is 8.04. The van der Waals surface area contributed by atoms with Crippen LogP contribution < -0.4 is 10.6 Å². The summed E-state index contributed by atoms with van der Waals surface area (Å²) in [5, 5.41) is 8.12. The van der Waals surface area contributed by atoms with E-state index < -0.39 is 0 Å². The van der Waals surface area contributed by atoms with Crippen molar-refractivity contribution >= 4 is 28.9 Å². The lowest BCUT2D eigenvalue weighted by Crippen LogP contribution is -2.42. The van der Waals surface area contributed by atoms with E-state index in [1.165, 1.54) is 10.9 Å². The molecule has 3 rings (SSSR count). The van der Waals surface area contributed by atoms with Gasteiger partial charge in [0.25, 0.3) is 0 Å². The first-order valence-corrected chi connectivity index (χ1v) is 10.7. The van der Waals surface area contributed by atoms with Gasteiger partial charge < -0.3 is 10.6 Å². The van der Waals surface area contributed by atoms with Crippen molar-refractivity contribution in [1.29, 1.82) is 0 Å². The fourth-order valence-corrected chi connectivity index (χ4v) is 4.65. The van der Waals surface area contributed by atoms with Crippen molar-refractivity contribution in [3.63, 3.8) is 0 Å². The first kappa shape index (κ1) is 21.0. The molecule has 0 saturated carbocycles. The summed E-state index contributed by atoms with van der Waals surface area (Å²) in [6, 6.07) is 4.74. The normalized spacial score (nSPS) is 16.4. The molecular weight excluding hydrogens is 397 g/mol. The number of hydrogen-bond donors (Lipinski definition) is 2. The van der Waals surface area contributed by atoms with Crippen LogP contribution in [0.4, 0.5) is 4.39 Å². The molecule has 0 spiro atoms. The number of nitrogens with zero attached hydrogens (tertiary/aromatic N) is 3. The van der Waals surface area contributed by atoms with Gasteiger partial charge in [0.2, 0.25) is 0 Å². The Hall–Kier alpha value is -1.70. The van der Waals surface area contributed by atoms with Gasteiger partial charge in [0, 0.05) is 29.1 Å².